The molecule has 0 radical (unpaired) electrons. The first-order chi connectivity index (χ1) is 22.6. The van der Waals surface area contributed by atoms with E-state index in [2.05, 4.69) is 43.6 Å². The molecule has 2 amide bonds. The second-order valence-electron chi connectivity index (χ2n) is 12.6. The number of rotatable bonds is 4. The van der Waals surface area contributed by atoms with E-state index in [1.807, 2.05) is 57.2 Å². The van der Waals surface area contributed by atoms with Gasteiger partial charge < -0.3 is 19.8 Å². The second-order valence-corrected chi connectivity index (χ2v) is 12.6. The third kappa shape index (κ3) is 7.00. The molecule has 0 spiro atoms. The number of likely N-dealkylation sites (tertiary alicyclic amines) is 2. The summed E-state index contributed by atoms with van der Waals surface area (Å²) in [5.41, 5.74) is 2.68. The minimum absolute atomic E-state index is 0.203. The van der Waals surface area contributed by atoms with Crippen LogP contribution >= 0.6 is 0 Å². The summed E-state index contributed by atoms with van der Waals surface area (Å²) in [5, 5.41) is 9.43. The van der Waals surface area contributed by atoms with Gasteiger partial charge in [0.05, 0.1) is 35.7 Å². The van der Waals surface area contributed by atoms with Crippen LogP contribution in [0, 0.1) is 29.5 Å². The van der Waals surface area contributed by atoms with Crippen molar-refractivity contribution in [3.05, 3.63) is 83.6 Å². The van der Waals surface area contributed by atoms with Crippen LogP contribution in [0.1, 0.15) is 81.4 Å². The van der Waals surface area contributed by atoms with E-state index in [4.69, 9.17) is 4.74 Å². The SMILES string of the molecule is CC(C)(C)OC(=O)N1CCC[C@H]1c1ncc(-c2cc(F)c(C#CC#Cc3cnc([C@@H]4CCCN4C(=O)O)[nH]3)c(-c3ccccc3)c2)[nH]1. The molecular weight excluding hydrogens is 599 g/mol. The molecule has 2 saturated heterocycles. The van der Waals surface area contributed by atoms with E-state index in [0.29, 0.717) is 53.7 Å². The highest BCUT2D eigenvalue weighted by atomic mass is 19.1. The van der Waals surface area contributed by atoms with Crippen molar-refractivity contribution in [2.45, 2.75) is 64.1 Å². The largest absolute Gasteiger partial charge is 0.465 e. The Bertz CT molecular complexity index is 1920. The molecule has 10 nitrogen and oxygen atoms in total. The van der Waals surface area contributed by atoms with Gasteiger partial charge in [-0.05, 0) is 87.8 Å². The van der Waals surface area contributed by atoms with Crippen molar-refractivity contribution in [3.8, 4) is 46.1 Å². The molecule has 11 heteroatoms. The molecule has 2 fully saturated rings. The van der Waals surface area contributed by atoms with Crippen LogP contribution in [-0.2, 0) is 4.74 Å². The van der Waals surface area contributed by atoms with Crippen LogP contribution in [0.5, 0.6) is 0 Å². The van der Waals surface area contributed by atoms with Gasteiger partial charge in [0.15, 0.2) is 0 Å². The molecule has 2 aliphatic rings. The highest BCUT2D eigenvalue weighted by molar-refractivity contribution is 5.78. The lowest BCUT2D eigenvalue weighted by Gasteiger charge is -2.27. The predicted molar refractivity (Wildman–Crippen MR) is 173 cm³/mol. The number of nitrogens with zero attached hydrogens (tertiary/aromatic N) is 4. The second kappa shape index (κ2) is 13.1. The van der Waals surface area contributed by atoms with Crippen LogP contribution in [0.2, 0.25) is 0 Å². The van der Waals surface area contributed by atoms with Gasteiger partial charge in [-0.1, -0.05) is 30.3 Å². The van der Waals surface area contributed by atoms with Gasteiger partial charge >= 0.3 is 12.2 Å². The molecule has 4 aromatic rings. The van der Waals surface area contributed by atoms with Crippen molar-refractivity contribution in [3.63, 3.8) is 0 Å². The van der Waals surface area contributed by atoms with E-state index in [0.717, 1.165) is 24.8 Å². The van der Waals surface area contributed by atoms with E-state index in [-0.39, 0.29) is 23.7 Å². The number of nitrogens with one attached hydrogen (secondary N) is 2. The van der Waals surface area contributed by atoms with Gasteiger partial charge in [-0.25, -0.2) is 23.9 Å². The summed E-state index contributed by atoms with van der Waals surface area (Å²) in [4.78, 5) is 42.7. The zero-order valence-corrected chi connectivity index (χ0v) is 26.4. The van der Waals surface area contributed by atoms with Gasteiger partial charge in [0.25, 0.3) is 0 Å². The Morgan fingerprint density at radius 3 is 2.30 bits per heavy atom. The number of H-pyrrole nitrogens is 2. The summed E-state index contributed by atoms with van der Waals surface area (Å²) in [6.07, 6.45) is 4.87. The van der Waals surface area contributed by atoms with E-state index in [1.165, 1.54) is 11.0 Å². The third-order valence-corrected chi connectivity index (χ3v) is 8.13. The van der Waals surface area contributed by atoms with E-state index in [1.54, 1.807) is 17.3 Å². The first kappa shape index (κ1) is 31.4. The van der Waals surface area contributed by atoms with Crippen LogP contribution in [0.4, 0.5) is 14.0 Å². The number of amides is 2. The van der Waals surface area contributed by atoms with Crippen LogP contribution in [0.3, 0.4) is 0 Å². The minimum Gasteiger partial charge on any atom is -0.465 e. The van der Waals surface area contributed by atoms with Crippen LogP contribution in [0.25, 0.3) is 22.4 Å². The highest BCUT2D eigenvalue weighted by Crippen LogP contribution is 2.35. The maximum Gasteiger partial charge on any atom is 0.410 e. The number of carbonyl (C=O) groups excluding carboxylic acids is 1. The van der Waals surface area contributed by atoms with Crippen molar-refractivity contribution < 1.29 is 23.8 Å². The van der Waals surface area contributed by atoms with Crippen molar-refractivity contribution in [2.24, 2.45) is 0 Å². The molecular formula is C36H35FN6O4. The van der Waals surface area contributed by atoms with Crippen molar-refractivity contribution >= 4 is 12.2 Å². The number of imidazole rings is 2. The number of benzene rings is 2. The van der Waals surface area contributed by atoms with Gasteiger partial charge in [-0.2, -0.15) is 0 Å². The molecule has 2 aliphatic heterocycles. The smallest absolute Gasteiger partial charge is 0.410 e. The van der Waals surface area contributed by atoms with Crippen LogP contribution < -0.4 is 0 Å². The number of carboxylic acid groups (broad SMARTS) is 1. The lowest BCUT2D eigenvalue weighted by molar-refractivity contribution is 0.0218. The Balaban J connectivity index is 1.26. The molecule has 4 heterocycles. The van der Waals surface area contributed by atoms with E-state index in [9.17, 15) is 14.7 Å². The molecule has 0 bridgehead atoms. The molecule has 6 rings (SSSR count). The monoisotopic (exact) mass is 634 g/mol. The zero-order valence-electron chi connectivity index (χ0n) is 26.4. The van der Waals surface area contributed by atoms with Gasteiger partial charge in [0.2, 0.25) is 0 Å². The Labute approximate surface area is 272 Å². The number of aromatic amines is 2. The lowest BCUT2D eigenvalue weighted by Crippen LogP contribution is -2.36. The minimum atomic E-state index is -0.976. The quantitative estimate of drug-likeness (QED) is 0.210. The topological polar surface area (TPSA) is 127 Å². The molecule has 2 aromatic heterocycles. The third-order valence-electron chi connectivity index (χ3n) is 8.13. The molecule has 2 atom stereocenters. The van der Waals surface area contributed by atoms with E-state index < -0.39 is 17.5 Å². The van der Waals surface area contributed by atoms with Gasteiger partial charge in [-0.3, -0.25) is 9.80 Å². The molecule has 3 N–H and O–H groups in total. The van der Waals surface area contributed by atoms with Crippen molar-refractivity contribution in [2.75, 3.05) is 13.1 Å². The van der Waals surface area contributed by atoms with Gasteiger partial charge in [0, 0.05) is 24.2 Å². The number of hydrogen-bond acceptors (Lipinski definition) is 5. The Hall–Kier alpha value is -5.55. The first-order valence-electron chi connectivity index (χ1n) is 15.6. The summed E-state index contributed by atoms with van der Waals surface area (Å²) >= 11 is 0. The van der Waals surface area contributed by atoms with Gasteiger partial charge in [0.1, 0.15) is 28.8 Å². The van der Waals surface area contributed by atoms with Crippen molar-refractivity contribution in [1.29, 1.82) is 0 Å². The zero-order chi connectivity index (χ0) is 33.1. The maximum absolute atomic E-state index is 15.8. The molecule has 2 aromatic carbocycles. The highest BCUT2D eigenvalue weighted by Gasteiger charge is 2.35. The predicted octanol–water partition coefficient (Wildman–Crippen LogP) is 6.90. The summed E-state index contributed by atoms with van der Waals surface area (Å²) in [5.74, 6) is 12.0. The fourth-order valence-corrected chi connectivity index (χ4v) is 6.02. The normalized spacial score (nSPS) is 17.5. The Morgan fingerprint density at radius 1 is 0.915 bits per heavy atom. The van der Waals surface area contributed by atoms with Crippen LogP contribution in [-0.4, -0.2) is 65.7 Å². The number of aromatic nitrogens is 4. The molecule has 47 heavy (non-hydrogen) atoms. The molecule has 0 unspecified atom stereocenters. The first-order valence-corrected chi connectivity index (χ1v) is 15.6. The summed E-state index contributed by atoms with van der Waals surface area (Å²) in [6, 6.07) is 12.1. The van der Waals surface area contributed by atoms with Crippen molar-refractivity contribution in [1.82, 2.24) is 29.7 Å². The molecule has 240 valence electrons. The van der Waals surface area contributed by atoms with E-state index >= 15 is 4.39 Å². The molecule has 0 aliphatic carbocycles. The Morgan fingerprint density at radius 2 is 1.57 bits per heavy atom. The van der Waals surface area contributed by atoms with Gasteiger partial charge in [-0.15, -0.1) is 0 Å². The number of hydrogen-bond donors (Lipinski definition) is 3. The number of ether oxygens (including phenoxy) is 1. The fraction of sp³-hybridized carbons (Fsp3) is 0.333. The summed E-state index contributed by atoms with van der Waals surface area (Å²) in [7, 11) is 0. The molecule has 0 saturated carbocycles. The number of halogens is 1. The standard InChI is InChI=1S/C36H35FN6O4/c1-36(2,3)47-35(46)43-18-10-16-31(43)33-39-22-29(41-33)24-19-27(23-11-5-4-6-12-23)26(28(37)20-24)14-8-7-13-25-21-38-32(40-25)30-15-9-17-42(30)34(44)45/h4-6,11-12,19-22,30-31H,9-10,15-18H2,1-3H3,(H,38,40)(H,39,41)(H,44,45)/t30-,31-/m0/s1. The van der Waals surface area contributed by atoms with Crippen LogP contribution in [0.15, 0.2) is 54.9 Å². The summed E-state index contributed by atoms with van der Waals surface area (Å²) < 4.78 is 21.4. The maximum atomic E-state index is 15.8. The average molecular weight is 635 g/mol. The number of carbonyl (C=O) groups is 2. The average Bonchev–Trinajstić information content (AvgIpc) is 3.85. The summed E-state index contributed by atoms with van der Waals surface area (Å²) in [6.45, 7) is 6.55. The fourth-order valence-electron chi connectivity index (χ4n) is 6.02. The Kier molecular flexibility index (Phi) is 8.73. The lowest BCUT2D eigenvalue weighted by atomic mass is 9.96.